The van der Waals surface area contributed by atoms with E-state index in [9.17, 15) is 0 Å². The van der Waals surface area contributed by atoms with Crippen LogP contribution in [0.2, 0.25) is 0 Å². The molecule has 3 rings (SSSR count). The molecular formula is C16H22N4S. The van der Waals surface area contributed by atoms with E-state index in [4.69, 9.17) is 4.98 Å². The number of likely N-dealkylation sites (tertiary alicyclic amines) is 1. The van der Waals surface area contributed by atoms with Gasteiger partial charge < -0.3 is 4.90 Å². The van der Waals surface area contributed by atoms with Crippen LogP contribution in [0.3, 0.4) is 0 Å². The third kappa shape index (κ3) is 2.99. The van der Waals surface area contributed by atoms with Gasteiger partial charge in [-0.2, -0.15) is 5.10 Å². The van der Waals surface area contributed by atoms with E-state index in [2.05, 4.69) is 52.2 Å². The first-order valence-corrected chi connectivity index (χ1v) is 8.66. The monoisotopic (exact) mass is 302 g/mol. The van der Waals surface area contributed by atoms with Crippen molar-refractivity contribution < 1.29 is 0 Å². The summed E-state index contributed by atoms with van der Waals surface area (Å²) in [6.07, 6.45) is 4.41. The van der Waals surface area contributed by atoms with Crippen LogP contribution in [0.25, 0.3) is 11.4 Å². The third-order valence-electron chi connectivity index (χ3n) is 4.12. The second kappa shape index (κ2) is 6.20. The number of benzene rings is 1. The maximum atomic E-state index is 4.71. The molecule has 2 heterocycles. The number of nitrogens with zero attached hydrogens (tertiary/aromatic N) is 4. The summed E-state index contributed by atoms with van der Waals surface area (Å²) in [5.41, 5.74) is 1.20. The lowest BCUT2D eigenvalue weighted by atomic mass is 10.1. The van der Waals surface area contributed by atoms with E-state index in [1.165, 1.54) is 10.5 Å². The van der Waals surface area contributed by atoms with E-state index in [1.807, 2.05) is 6.92 Å². The van der Waals surface area contributed by atoms with Crippen LogP contribution >= 0.6 is 11.8 Å². The van der Waals surface area contributed by atoms with Crippen LogP contribution in [0, 0.1) is 6.92 Å². The van der Waals surface area contributed by atoms with Gasteiger partial charge in [-0.25, -0.2) is 9.67 Å². The molecule has 0 atom stereocenters. The fourth-order valence-corrected chi connectivity index (χ4v) is 3.53. The van der Waals surface area contributed by atoms with E-state index >= 15 is 0 Å². The zero-order chi connectivity index (χ0) is 14.8. The first-order chi connectivity index (χ1) is 10.2. The van der Waals surface area contributed by atoms with Crippen LogP contribution in [-0.2, 0) is 0 Å². The van der Waals surface area contributed by atoms with Crippen molar-refractivity contribution >= 4 is 11.8 Å². The summed E-state index contributed by atoms with van der Waals surface area (Å²) in [5.74, 6) is 1.88. The predicted molar refractivity (Wildman–Crippen MR) is 87.7 cm³/mol. The second-order valence-corrected chi connectivity index (χ2v) is 6.51. The van der Waals surface area contributed by atoms with E-state index in [-0.39, 0.29) is 0 Å². The summed E-state index contributed by atoms with van der Waals surface area (Å²) in [4.78, 5) is 8.36. The average molecular weight is 302 g/mol. The van der Waals surface area contributed by atoms with Gasteiger partial charge in [-0.1, -0.05) is 18.2 Å². The molecule has 1 aromatic heterocycles. The summed E-state index contributed by atoms with van der Waals surface area (Å²) in [5, 5.41) is 4.69. The fraction of sp³-hybridized carbons (Fsp3) is 0.500. The lowest BCUT2D eigenvalue weighted by Gasteiger charge is -2.29. The van der Waals surface area contributed by atoms with Crippen molar-refractivity contribution in [2.24, 2.45) is 0 Å². The Labute approximate surface area is 130 Å². The summed E-state index contributed by atoms with van der Waals surface area (Å²) in [7, 11) is 2.19. The van der Waals surface area contributed by atoms with Gasteiger partial charge in [0.15, 0.2) is 5.82 Å². The number of thioether (sulfide) groups is 1. The molecule has 2 aromatic rings. The number of aryl methyl sites for hydroxylation is 1. The molecule has 21 heavy (non-hydrogen) atoms. The summed E-state index contributed by atoms with van der Waals surface area (Å²) in [6, 6.07) is 8.94. The van der Waals surface area contributed by atoms with E-state index < -0.39 is 0 Å². The minimum absolute atomic E-state index is 0.465. The second-order valence-electron chi connectivity index (χ2n) is 5.66. The molecule has 0 saturated carbocycles. The Morgan fingerprint density at radius 1 is 1.19 bits per heavy atom. The Balaban J connectivity index is 1.99. The average Bonchev–Trinajstić information content (AvgIpc) is 2.89. The van der Waals surface area contributed by atoms with Crippen molar-refractivity contribution in [1.29, 1.82) is 0 Å². The van der Waals surface area contributed by atoms with Gasteiger partial charge in [-0.15, -0.1) is 11.8 Å². The Bertz CT molecular complexity index is 614. The highest BCUT2D eigenvalue weighted by Crippen LogP contribution is 2.32. The van der Waals surface area contributed by atoms with Crippen molar-refractivity contribution in [3.8, 4) is 11.4 Å². The smallest absolute Gasteiger partial charge is 0.159 e. The molecule has 4 nitrogen and oxygen atoms in total. The summed E-state index contributed by atoms with van der Waals surface area (Å²) >= 11 is 1.77. The van der Waals surface area contributed by atoms with Crippen LogP contribution in [-0.4, -0.2) is 46.1 Å². The van der Waals surface area contributed by atoms with Gasteiger partial charge >= 0.3 is 0 Å². The Hall–Kier alpha value is -1.33. The third-order valence-corrected chi connectivity index (χ3v) is 4.91. The summed E-state index contributed by atoms with van der Waals surface area (Å²) in [6.45, 7) is 4.25. The minimum atomic E-state index is 0.465. The number of rotatable bonds is 3. The van der Waals surface area contributed by atoms with Gasteiger partial charge in [0.2, 0.25) is 0 Å². The molecule has 1 aliphatic heterocycles. The van der Waals surface area contributed by atoms with Gasteiger partial charge in [0.1, 0.15) is 5.82 Å². The SMILES string of the molecule is CSc1ccccc1-c1nc(C)nn1C1CCN(C)CC1. The molecule has 1 aliphatic rings. The topological polar surface area (TPSA) is 34.0 Å². The highest BCUT2D eigenvalue weighted by atomic mass is 32.2. The van der Waals surface area contributed by atoms with Crippen LogP contribution < -0.4 is 0 Å². The molecule has 112 valence electrons. The minimum Gasteiger partial charge on any atom is -0.306 e. The van der Waals surface area contributed by atoms with Gasteiger partial charge in [0.25, 0.3) is 0 Å². The van der Waals surface area contributed by atoms with Crippen molar-refractivity contribution in [2.45, 2.75) is 30.7 Å². The number of hydrogen-bond acceptors (Lipinski definition) is 4. The molecule has 5 heteroatoms. The number of hydrogen-bond donors (Lipinski definition) is 0. The van der Waals surface area contributed by atoms with Gasteiger partial charge in [0, 0.05) is 10.5 Å². The molecular weight excluding hydrogens is 280 g/mol. The van der Waals surface area contributed by atoms with Gasteiger partial charge in [-0.3, -0.25) is 0 Å². The van der Waals surface area contributed by atoms with E-state index in [1.54, 1.807) is 11.8 Å². The molecule has 0 spiro atoms. The Kier molecular flexibility index (Phi) is 4.31. The number of aromatic nitrogens is 3. The molecule has 0 radical (unpaired) electrons. The molecule has 0 unspecified atom stereocenters. The molecule has 1 aromatic carbocycles. The zero-order valence-corrected chi connectivity index (χ0v) is 13.7. The highest BCUT2D eigenvalue weighted by Gasteiger charge is 2.23. The van der Waals surface area contributed by atoms with Gasteiger partial charge in [0.05, 0.1) is 6.04 Å². The first kappa shape index (κ1) is 14.6. The standard InChI is InChI=1S/C16H22N4S/c1-12-17-16(14-6-4-5-7-15(14)21-3)20(18-12)13-8-10-19(2)11-9-13/h4-7,13H,8-11H2,1-3H3. The van der Waals surface area contributed by atoms with Crippen molar-refractivity contribution in [1.82, 2.24) is 19.7 Å². The molecule has 0 amide bonds. The van der Waals surface area contributed by atoms with E-state index in [0.29, 0.717) is 6.04 Å². The maximum absolute atomic E-state index is 4.71. The Morgan fingerprint density at radius 2 is 1.90 bits per heavy atom. The number of piperidine rings is 1. The van der Waals surface area contributed by atoms with Crippen molar-refractivity contribution in [2.75, 3.05) is 26.4 Å². The lowest BCUT2D eigenvalue weighted by Crippen LogP contribution is -2.32. The quantitative estimate of drug-likeness (QED) is 0.815. The maximum Gasteiger partial charge on any atom is 0.159 e. The molecule has 1 saturated heterocycles. The molecule has 0 aliphatic carbocycles. The molecule has 0 N–H and O–H groups in total. The predicted octanol–water partition coefficient (Wildman–Crippen LogP) is 3.24. The zero-order valence-electron chi connectivity index (χ0n) is 12.9. The van der Waals surface area contributed by atoms with Crippen LogP contribution in [0.5, 0.6) is 0 Å². The van der Waals surface area contributed by atoms with Gasteiger partial charge in [-0.05, 0) is 52.2 Å². The van der Waals surface area contributed by atoms with Crippen LogP contribution in [0.4, 0.5) is 0 Å². The van der Waals surface area contributed by atoms with Crippen molar-refractivity contribution in [3.63, 3.8) is 0 Å². The normalized spacial score (nSPS) is 17.3. The molecule has 1 fully saturated rings. The lowest BCUT2D eigenvalue weighted by molar-refractivity contribution is 0.213. The van der Waals surface area contributed by atoms with Crippen molar-refractivity contribution in [3.05, 3.63) is 30.1 Å². The fourth-order valence-electron chi connectivity index (χ4n) is 2.94. The first-order valence-electron chi connectivity index (χ1n) is 7.44. The highest BCUT2D eigenvalue weighted by molar-refractivity contribution is 7.98. The summed E-state index contributed by atoms with van der Waals surface area (Å²) < 4.78 is 2.16. The largest absolute Gasteiger partial charge is 0.306 e. The van der Waals surface area contributed by atoms with E-state index in [0.717, 1.165) is 37.6 Å². The van der Waals surface area contributed by atoms with Crippen LogP contribution in [0.1, 0.15) is 24.7 Å². The Morgan fingerprint density at radius 3 is 2.62 bits per heavy atom. The van der Waals surface area contributed by atoms with Crippen LogP contribution in [0.15, 0.2) is 29.2 Å². The molecule has 0 bridgehead atoms.